The Morgan fingerprint density at radius 1 is 1.22 bits per heavy atom. The van der Waals surface area contributed by atoms with Gasteiger partial charge in [0.05, 0.1) is 5.69 Å². The van der Waals surface area contributed by atoms with Gasteiger partial charge in [0, 0.05) is 12.6 Å². The van der Waals surface area contributed by atoms with Gasteiger partial charge in [-0.1, -0.05) is 32.0 Å². The second kappa shape index (κ2) is 6.17. The molecule has 1 aromatic rings. The number of nitrogens with two attached hydrogens (primary N) is 1. The van der Waals surface area contributed by atoms with E-state index in [1.54, 1.807) is 12.1 Å². The SMILES string of the molecule is CC(C)CNS(=O)(=O)Nc1ccccc1C(C)N. The zero-order valence-electron chi connectivity index (χ0n) is 11.0. The number of rotatable bonds is 6. The first-order valence-electron chi connectivity index (χ1n) is 5.93. The molecule has 102 valence electrons. The van der Waals surface area contributed by atoms with E-state index in [0.29, 0.717) is 12.2 Å². The zero-order chi connectivity index (χ0) is 13.8. The van der Waals surface area contributed by atoms with Gasteiger partial charge in [-0.05, 0) is 24.5 Å². The number of hydrogen-bond donors (Lipinski definition) is 3. The molecule has 1 atom stereocenters. The molecule has 0 aliphatic rings. The third kappa shape index (κ3) is 4.64. The highest BCUT2D eigenvalue weighted by Crippen LogP contribution is 2.21. The van der Waals surface area contributed by atoms with Crippen molar-refractivity contribution in [1.29, 1.82) is 0 Å². The van der Waals surface area contributed by atoms with E-state index in [-0.39, 0.29) is 12.0 Å². The molecule has 0 aliphatic heterocycles. The summed E-state index contributed by atoms with van der Waals surface area (Å²) in [5.41, 5.74) is 7.09. The Morgan fingerprint density at radius 2 is 1.83 bits per heavy atom. The van der Waals surface area contributed by atoms with Crippen LogP contribution in [-0.2, 0) is 10.2 Å². The summed E-state index contributed by atoms with van der Waals surface area (Å²) in [6.07, 6.45) is 0. The lowest BCUT2D eigenvalue weighted by Crippen LogP contribution is -2.33. The van der Waals surface area contributed by atoms with Crippen molar-refractivity contribution < 1.29 is 8.42 Å². The molecule has 4 N–H and O–H groups in total. The molecule has 1 aromatic carbocycles. The minimum Gasteiger partial charge on any atom is -0.324 e. The average Bonchev–Trinajstić information content (AvgIpc) is 2.26. The fourth-order valence-electron chi connectivity index (χ4n) is 1.44. The monoisotopic (exact) mass is 271 g/mol. The van der Waals surface area contributed by atoms with Crippen LogP contribution >= 0.6 is 0 Å². The minimum atomic E-state index is -3.54. The van der Waals surface area contributed by atoms with Gasteiger partial charge < -0.3 is 5.73 Å². The van der Waals surface area contributed by atoms with E-state index in [2.05, 4.69) is 9.44 Å². The largest absolute Gasteiger partial charge is 0.324 e. The van der Waals surface area contributed by atoms with E-state index in [4.69, 9.17) is 5.73 Å². The van der Waals surface area contributed by atoms with Crippen LogP contribution in [0.2, 0.25) is 0 Å². The van der Waals surface area contributed by atoms with E-state index in [1.807, 2.05) is 32.9 Å². The molecule has 0 saturated heterocycles. The van der Waals surface area contributed by atoms with Crippen LogP contribution in [0.25, 0.3) is 0 Å². The lowest BCUT2D eigenvalue weighted by atomic mass is 10.1. The summed E-state index contributed by atoms with van der Waals surface area (Å²) in [6.45, 7) is 6.10. The van der Waals surface area contributed by atoms with Crippen molar-refractivity contribution in [2.75, 3.05) is 11.3 Å². The molecule has 1 unspecified atom stereocenters. The van der Waals surface area contributed by atoms with E-state index in [1.165, 1.54) is 0 Å². The molecule has 0 radical (unpaired) electrons. The number of nitrogens with one attached hydrogen (secondary N) is 2. The summed E-state index contributed by atoms with van der Waals surface area (Å²) in [7, 11) is -3.54. The van der Waals surface area contributed by atoms with Crippen LogP contribution in [-0.4, -0.2) is 15.0 Å². The topological polar surface area (TPSA) is 84.2 Å². The molecule has 6 heteroatoms. The zero-order valence-corrected chi connectivity index (χ0v) is 11.8. The van der Waals surface area contributed by atoms with E-state index >= 15 is 0 Å². The molecular weight excluding hydrogens is 250 g/mol. The lowest BCUT2D eigenvalue weighted by Gasteiger charge is -2.15. The number of anilines is 1. The highest BCUT2D eigenvalue weighted by molar-refractivity contribution is 7.90. The molecule has 0 amide bonds. The Labute approximate surface area is 109 Å². The van der Waals surface area contributed by atoms with Crippen molar-refractivity contribution in [3.63, 3.8) is 0 Å². The van der Waals surface area contributed by atoms with Crippen molar-refractivity contribution in [3.05, 3.63) is 29.8 Å². The molecule has 1 rings (SSSR count). The molecule has 0 fully saturated rings. The highest BCUT2D eigenvalue weighted by Gasteiger charge is 2.13. The first-order chi connectivity index (χ1) is 8.32. The van der Waals surface area contributed by atoms with Crippen molar-refractivity contribution in [1.82, 2.24) is 4.72 Å². The van der Waals surface area contributed by atoms with Gasteiger partial charge in [0.1, 0.15) is 0 Å². The van der Waals surface area contributed by atoms with Gasteiger partial charge in [-0.2, -0.15) is 13.1 Å². The summed E-state index contributed by atoms with van der Waals surface area (Å²) in [6, 6.07) is 6.89. The number of hydrogen-bond acceptors (Lipinski definition) is 3. The molecule has 0 saturated carbocycles. The van der Waals surface area contributed by atoms with Crippen LogP contribution in [0.3, 0.4) is 0 Å². The van der Waals surface area contributed by atoms with E-state index < -0.39 is 10.2 Å². The van der Waals surface area contributed by atoms with Gasteiger partial charge in [0.15, 0.2) is 0 Å². The minimum absolute atomic E-state index is 0.228. The quantitative estimate of drug-likeness (QED) is 0.735. The van der Waals surface area contributed by atoms with Crippen LogP contribution < -0.4 is 15.2 Å². The standard InChI is InChI=1S/C12H21N3O2S/c1-9(2)8-14-18(16,17)15-12-7-5-4-6-11(12)10(3)13/h4-7,9-10,14-15H,8,13H2,1-3H3. The third-order valence-electron chi connectivity index (χ3n) is 2.38. The predicted molar refractivity (Wildman–Crippen MR) is 74.4 cm³/mol. The Balaban J connectivity index is 2.84. The van der Waals surface area contributed by atoms with Gasteiger partial charge in [-0.3, -0.25) is 4.72 Å². The molecule has 0 aromatic heterocycles. The van der Waals surface area contributed by atoms with Crippen LogP contribution in [0.1, 0.15) is 32.4 Å². The smallest absolute Gasteiger partial charge is 0.299 e. The Hall–Kier alpha value is -1.11. The molecule has 0 spiro atoms. The maximum absolute atomic E-state index is 11.8. The normalized spacial score (nSPS) is 13.6. The van der Waals surface area contributed by atoms with Crippen LogP contribution in [0.5, 0.6) is 0 Å². The third-order valence-corrected chi connectivity index (χ3v) is 3.41. The molecule has 5 nitrogen and oxygen atoms in total. The van der Waals surface area contributed by atoms with Gasteiger partial charge in [-0.25, -0.2) is 0 Å². The Kier molecular flexibility index (Phi) is 5.13. The van der Waals surface area contributed by atoms with E-state index in [9.17, 15) is 8.42 Å². The number of para-hydroxylation sites is 1. The highest BCUT2D eigenvalue weighted by atomic mass is 32.2. The predicted octanol–water partition coefficient (Wildman–Crippen LogP) is 1.61. The van der Waals surface area contributed by atoms with Crippen molar-refractivity contribution in [2.45, 2.75) is 26.8 Å². The average molecular weight is 271 g/mol. The summed E-state index contributed by atoms with van der Waals surface area (Å²) in [5, 5.41) is 0. The second-order valence-corrected chi connectivity index (χ2v) is 6.22. The molecule has 18 heavy (non-hydrogen) atoms. The molecular formula is C12H21N3O2S. The maximum atomic E-state index is 11.8. The van der Waals surface area contributed by atoms with Crippen molar-refractivity contribution in [3.8, 4) is 0 Å². The summed E-state index contributed by atoms with van der Waals surface area (Å²) in [5.74, 6) is 0.255. The van der Waals surface area contributed by atoms with Crippen LogP contribution in [0, 0.1) is 5.92 Å². The lowest BCUT2D eigenvalue weighted by molar-refractivity contribution is 0.565. The summed E-state index contributed by atoms with van der Waals surface area (Å²) >= 11 is 0. The van der Waals surface area contributed by atoms with Gasteiger partial charge >= 0.3 is 0 Å². The summed E-state index contributed by atoms with van der Waals surface area (Å²) < 4.78 is 28.6. The second-order valence-electron chi connectivity index (χ2n) is 4.72. The van der Waals surface area contributed by atoms with Crippen molar-refractivity contribution >= 4 is 15.9 Å². The fraction of sp³-hybridized carbons (Fsp3) is 0.500. The molecule has 0 bridgehead atoms. The fourth-order valence-corrected chi connectivity index (χ4v) is 2.54. The van der Waals surface area contributed by atoms with Gasteiger partial charge in [0.25, 0.3) is 10.2 Å². The first kappa shape index (κ1) is 14.9. The number of benzene rings is 1. The summed E-state index contributed by atoms with van der Waals surface area (Å²) in [4.78, 5) is 0. The van der Waals surface area contributed by atoms with Crippen LogP contribution in [0.4, 0.5) is 5.69 Å². The van der Waals surface area contributed by atoms with E-state index in [0.717, 1.165) is 5.56 Å². The molecule has 0 heterocycles. The molecule has 0 aliphatic carbocycles. The first-order valence-corrected chi connectivity index (χ1v) is 7.42. The van der Waals surface area contributed by atoms with Crippen molar-refractivity contribution in [2.24, 2.45) is 11.7 Å². The Morgan fingerprint density at radius 3 is 2.39 bits per heavy atom. The van der Waals surface area contributed by atoms with Crippen LogP contribution in [0.15, 0.2) is 24.3 Å². The Bertz CT molecular complexity index is 484. The maximum Gasteiger partial charge on any atom is 0.299 e. The van der Waals surface area contributed by atoms with Gasteiger partial charge in [-0.15, -0.1) is 0 Å². The van der Waals surface area contributed by atoms with Gasteiger partial charge in [0.2, 0.25) is 0 Å².